The third-order valence-corrected chi connectivity index (χ3v) is 3.99. The van der Waals surface area contributed by atoms with Gasteiger partial charge in [0.15, 0.2) is 0 Å². The number of carbonyl (C=O) groups excluding carboxylic acids is 1. The van der Waals surface area contributed by atoms with E-state index in [4.69, 9.17) is 9.47 Å². The first-order valence-corrected chi connectivity index (χ1v) is 8.78. The van der Waals surface area contributed by atoms with Crippen molar-refractivity contribution >= 4 is 6.09 Å². The van der Waals surface area contributed by atoms with Crippen LogP contribution in [0.2, 0.25) is 0 Å². The molecule has 23 heavy (non-hydrogen) atoms. The summed E-state index contributed by atoms with van der Waals surface area (Å²) in [4.78, 5) is 14.0. The van der Waals surface area contributed by atoms with Gasteiger partial charge < -0.3 is 19.7 Å². The van der Waals surface area contributed by atoms with Gasteiger partial charge in [0, 0.05) is 25.7 Å². The van der Waals surface area contributed by atoms with Gasteiger partial charge in [0.25, 0.3) is 0 Å². The second-order valence-electron chi connectivity index (χ2n) is 8.64. The van der Waals surface area contributed by atoms with E-state index in [2.05, 4.69) is 39.9 Å². The van der Waals surface area contributed by atoms with E-state index in [1.165, 1.54) is 0 Å². The summed E-state index contributed by atoms with van der Waals surface area (Å²) in [7, 11) is 0. The summed E-state index contributed by atoms with van der Waals surface area (Å²) in [5, 5.41) is 3.56. The summed E-state index contributed by atoms with van der Waals surface area (Å²) >= 11 is 0. The lowest BCUT2D eigenvalue weighted by molar-refractivity contribution is -0.0698. The molecule has 136 valence electrons. The third-order valence-electron chi connectivity index (χ3n) is 3.99. The lowest BCUT2D eigenvalue weighted by Gasteiger charge is -2.30. The topological polar surface area (TPSA) is 50.8 Å². The van der Waals surface area contributed by atoms with Gasteiger partial charge in [-0.3, -0.25) is 0 Å². The molecule has 5 heteroatoms. The molecule has 5 nitrogen and oxygen atoms in total. The molecule has 1 unspecified atom stereocenters. The van der Waals surface area contributed by atoms with Crippen LogP contribution in [0.5, 0.6) is 0 Å². The molecule has 1 heterocycles. The second kappa shape index (κ2) is 7.39. The van der Waals surface area contributed by atoms with Crippen molar-refractivity contribution in [1.82, 2.24) is 10.2 Å². The minimum absolute atomic E-state index is 0.102. The third kappa shape index (κ3) is 6.68. The van der Waals surface area contributed by atoms with Gasteiger partial charge in [-0.1, -0.05) is 6.92 Å². The smallest absolute Gasteiger partial charge is 0.410 e. The van der Waals surface area contributed by atoms with Gasteiger partial charge in [-0.15, -0.1) is 0 Å². The van der Waals surface area contributed by atoms with Gasteiger partial charge >= 0.3 is 6.09 Å². The molecule has 1 aliphatic heterocycles. The van der Waals surface area contributed by atoms with Gasteiger partial charge in [0.1, 0.15) is 5.60 Å². The van der Waals surface area contributed by atoms with Gasteiger partial charge in [0.2, 0.25) is 0 Å². The number of hydrogen-bond acceptors (Lipinski definition) is 4. The van der Waals surface area contributed by atoms with Crippen LogP contribution in [-0.4, -0.2) is 53.5 Å². The summed E-state index contributed by atoms with van der Waals surface area (Å²) in [6, 6.07) is 0.291. The molecule has 0 bridgehead atoms. The van der Waals surface area contributed by atoms with Crippen LogP contribution in [0.3, 0.4) is 0 Å². The molecule has 1 saturated heterocycles. The zero-order valence-electron chi connectivity index (χ0n) is 16.3. The summed E-state index contributed by atoms with van der Waals surface area (Å²) in [5.41, 5.74) is -0.748. The van der Waals surface area contributed by atoms with E-state index in [1.54, 1.807) is 4.90 Å². The molecule has 0 aromatic heterocycles. The van der Waals surface area contributed by atoms with Gasteiger partial charge in [0.05, 0.1) is 11.2 Å². The molecular formula is C18H36N2O3. The highest BCUT2D eigenvalue weighted by molar-refractivity contribution is 5.68. The number of carbonyl (C=O) groups is 1. The van der Waals surface area contributed by atoms with E-state index in [1.807, 2.05) is 20.8 Å². The first kappa shape index (κ1) is 20.2. The highest BCUT2D eigenvalue weighted by atomic mass is 16.6. The van der Waals surface area contributed by atoms with E-state index in [0.717, 1.165) is 19.4 Å². The molecular weight excluding hydrogens is 292 g/mol. The number of amides is 1. The number of ether oxygens (including phenoxy) is 2. The van der Waals surface area contributed by atoms with Gasteiger partial charge in [-0.2, -0.15) is 0 Å². The van der Waals surface area contributed by atoms with Crippen LogP contribution in [0.15, 0.2) is 0 Å². The molecule has 1 amide bonds. The normalized spacial score (nSPS) is 22.9. The first-order chi connectivity index (χ1) is 10.4. The van der Waals surface area contributed by atoms with E-state index < -0.39 is 5.60 Å². The van der Waals surface area contributed by atoms with E-state index in [9.17, 15) is 4.79 Å². The quantitative estimate of drug-likeness (QED) is 0.810. The minimum Gasteiger partial charge on any atom is -0.444 e. The zero-order valence-corrected chi connectivity index (χ0v) is 16.3. The molecule has 1 atom stereocenters. The largest absolute Gasteiger partial charge is 0.444 e. The first-order valence-electron chi connectivity index (χ1n) is 8.78. The standard InChI is InChI=1S/C18H36N2O3/c1-9-11-20(15(21)22-16(2,3)4)12-10-19-14-13-17(5,6)23-18(14,7)8/h14,19H,9-13H2,1-8H3. The Balaban J connectivity index is 2.52. The van der Waals surface area contributed by atoms with Crippen LogP contribution in [0.1, 0.15) is 68.2 Å². The number of rotatable bonds is 6. The van der Waals surface area contributed by atoms with Crippen LogP contribution >= 0.6 is 0 Å². The van der Waals surface area contributed by atoms with E-state index in [0.29, 0.717) is 19.1 Å². The number of hydrogen-bond donors (Lipinski definition) is 1. The van der Waals surface area contributed by atoms with Crippen molar-refractivity contribution in [2.24, 2.45) is 0 Å². The fourth-order valence-corrected chi connectivity index (χ4v) is 3.14. The summed E-state index contributed by atoms with van der Waals surface area (Å²) in [5.74, 6) is 0. The van der Waals surface area contributed by atoms with Crippen LogP contribution in [0.25, 0.3) is 0 Å². The predicted molar refractivity (Wildman–Crippen MR) is 93.7 cm³/mol. The van der Waals surface area contributed by atoms with Crippen molar-refractivity contribution in [2.75, 3.05) is 19.6 Å². The highest BCUT2D eigenvalue weighted by Crippen LogP contribution is 2.37. The predicted octanol–water partition coefficient (Wildman–Crippen LogP) is 3.57. The Hall–Kier alpha value is -0.810. The maximum absolute atomic E-state index is 12.3. The van der Waals surface area contributed by atoms with E-state index in [-0.39, 0.29) is 17.3 Å². The average molecular weight is 328 g/mol. The van der Waals surface area contributed by atoms with Crippen LogP contribution in [0, 0.1) is 0 Å². The monoisotopic (exact) mass is 328 g/mol. The Morgan fingerprint density at radius 3 is 2.30 bits per heavy atom. The van der Waals surface area contributed by atoms with Crippen LogP contribution < -0.4 is 5.32 Å². The Labute approximate surface area is 142 Å². The molecule has 0 aromatic carbocycles. The molecule has 0 aromatic rings. The van der Waals surface area contributed by atoms with Crippen molar-refractivity contribution in [3.8, 4) is 0 Å². The number of nitrogens with one attached hydrogen (secondary N) is 1. The molecule has 1 rings (SSSR count). The van der Waals surface area contributed by atoms with Crippen LogP contribution in [0.4, 0.5) is 4.79 Å². The minimum atomic E-state index is -0.457. The van der Waals surface area contributed by atoms with Gasteiger partial charge in [-0.25, -0.2) is 4.79 Å². The lowest BCUT2D eigenvalue weighted by atomic mass is 9.94. The Morgan fingerprint density at radius 1 is 1.26 bits per heavy atom. The SMILES string of the molecule is CCCN(CCNC1CC(C)(C)OC1(C)C)C(=O)OC(C)(C)C. The lowest BCUT2D eigenvalue weighted by Crippen LogP contribution is -2.47. The van der Waals surface area contributed by atoms with Gasteiger partial charge in [-0.05, 0) is 61.3 Å². The maximum Gasteiger partial charge on any atom is 0.410 e. The fraction of sp³-hybridized carbons (Fsp3) is 0.944. The van der Waals surface area contributed by atoms with E-state index >= 15 is 0 Å². The Morgan fingerprint density at radius 2 is 1.87 bits per heavy atom. The zero-order chi connectivity index (χ0) is 17.9. The molecule has 0 saturated carbocycles. The number of nitrogens with zero attached hydrogens (tertiary/aromatic N) is 1. The highest BCUT2D eigenvalue weighted by Gasteiger charge is 2.45. The fourth-order valence-electron chi connectivity index (χ4n) is 3.14. The summed E-state index contributed by atoms with van der Waals surface area (Å²) in [6.45, 7) is 18.4. The molecule has 0 spiro atoms. The Bertz CT molecular complexity index is 400. The summed E-state index contributed by atoms with van der Waals surface area (Å²) < 4.78 is 11.6. The Kier molecular flexibility index (Phi) is 6.50. The van der Waals surface area contributed by atoms with Crippen molar-refractivity contribution in [3.05, 3.63) is 0 Å². The van der Waals surface area contributed by atoms with Crippen molar-refractivity contribution < 1.29 is 14.3 Å². The van der Waals surface area contributed by atoms with Crippen molar-refractivity contribution in [3.63, 3.8) is 0 Å². The second-order valence-corrected chi connectivity index (χ2v) is 8.64. The molecule has 0 aliphatic carbocycles. The van der Waals surface area contributed by atoms with Crippen LogP contribution in [-0.2, 0) is 9.47 Å². The molecule has 1 aliphatic rings. The maximum atomic E-state index is 12.3. The summed E-state index contributed by atoms with van der Waals surface area (Å²) in [6.07, 6.45) is 1.66. The molecule has 1 N–H and O–H groups in total. The molecule has 1 fully saturated rings. The van der Waals surface area contributed by atoms with Crippen molar-refractivity contribution in [2.45, 2.75) is 91.1 Å². The van der Waals surface area contributed by atoms with Crippen molar-refractivity contribution in [1.29, 1.82) is 0 Å². The molecule has 0 radical (unpaired) electrons. The average Bonchev–Trinajstić information content (AvgIpc) is 2.53.